The SMILES string of the molecule is Cc1nc(N2CCCC(N)C2)nc2c1CCN2C. The van der Waals surface area contributed by atoms with Gasteiger partial charge in [0, 0.05) is 44.0 Å². The Bertz CT molecular complexity index is 459. The molecule has 5 nitrogen and oxygen atoms in total. The van der Waals surface area contributed by atoms with Crippen LogP contribution in [0.15, 0.2) is 0 Å². The van der Waals surface area contributed by atoms with Crippen molar-refractivity contribution in [1.29, 1.82) is 0 Å². The third kappa shape index (κ3) is 1.92. The minimum Gasteiger partial charge on any atom is -0.359 e. The molecule has 5 heteroatoms. The van der Waals surface area contributed by atoms with Gasteiger partial charge in [0.25, 0.3) is 0 Å². The van der Waals surface area contributed by atoms with Crippen LogP contribution in [0.25, 0.3) is 0 Å². The summed E-state index contributed by atoms with van der Waals surface area (Å²) in [6.07, 6.45) is 3.31. The first-order chi connectivity index (χ1) is 8.65. The van der Waals surface area contributed by atoms with Gasteiger partial charge in [0.05, 0.1) is 0 Å². The number of rotatable bonds is 1. The van der Waals surface area contributed by atoms with Gasteiger partial charge in [-0.3, -0.25) is 0 Å². The highest BCUT2D eigenvalue weighted by atomic mass is 15.3. The molecule has 1 aromatic heterocycles. The molecule has 0 saturated carbocycles. The van der Waals surface area contributed by atoms with Gasteiger partial charge >= 0.3 is 0 Å². The van der Waals surface area contributed by atoms with Gasteiger partial charge in [-0.15, -0.1) is 0 Å². The summed E-state index contributed by atoms with van der Waals surface area (Å²) in [5.74, 6) is 1.96. The van der Waals surface area contributed by atoms with E-state index in [1.807, 2.05) is 0 Å². The molecule has 3 rings (SSSR count). The number of hydrogen-bond acceptors (Lipinski definition) is 5. The predicted octanol–water partition coefficient (Wildman–Crippen LogP) is 0.705. The number of aryl methyl sites for hydroxylation is 1. The molecule has 1 aromatic rings. The number of likely N-dealkylation sites (N-methyl/N-ethyl adjacent to an activating group) is 1. The largest absolute Gasteiger partial charge is 0.359 e. The van der Waals surface area contributed by atoms with Crippen LogP contribution in [-0.2, 0) is 6.42 Å². The highest BCUT2D eigenvalue weighted by molar-refractivity contribution is 5.56. The van der Waals surface area contributed by atoms with Crippen molar-refractivity contribution in [3.63, 3.8) is 0 Å². The molecule has 1 fully saturated rings. The van der Waals surface area contributed by atoms with Crippen molar-refractivity contribution in [1.82, 2.24) is 9.97 Å². The predicted molar refractivity (Wildman–Crippen MR) is 73.2 cm³/mol. The Labute approximate surface area is 108 Å². The van der Waals surface area contributed by atoms with Gasteiger partial charge in [-0.25, -0.2) is 4.98 Å². The Kier molecular flexibility index (Phi) is 2.86. The molecule has 2 N–H and O–H groups in total. The summed E-state index contributed by atoms with van der Waals surface area (Å²) in [5, 5.41) is 0. The smallest absolute Gasteiger partial charge is 0.227 e. The molecule has 0 aromatic carbocycles. The van der Waals surface area contributed by atoms with Gasteiger partial charge in [0.1, 0.15) is 5.82 Å². The first kappa shape index (κ1) is 11.7. The molecule has 18 heavy (non-hydrogen) atoms. The summed E-state index contributed by atoms with van der Waals surface area (Å²) in [7, 11) is 2.10. The number of piperidine rings is 1. The molecule has 0 amide bonds. The summed E-state index contributed by atoms with van der Waals surface area (Å²) in [6.45, 7) is 5.04. The van der Waals surface area contributed by atoms with E-state index >= 15 is 0 Å². The number of hydrogen-bond donors (Lipinski definition) is 1. The van der Waals surface area contributed by atoms with E-state index in [9.17, 15) is 0 Å². The molecule has 2 aliphatic heterocycles. The molecular weight excluding hydrogens is 226 g/mol. The number of nitrogens with two attached hydrogens (primary N) is 1. The lowest BCUT2D eigenvalue weighted by atomic mass is 10.1. The van der Waals surface area contributed by atoms with Crippen LogP contribution >= 0.6 is 0 Å². The average molecular weight is 247 g/mol. The van der Waals surface area contributed by atoms with Crippen LogP contribution in [0, 0.1) is 6.92 Å². The summed E-state index contributed by atoms with van der Waals surface area (Å²) < 4.78 is 0. The standard InChI is InChI=1S/C13H21N5/c1-9-11-5-7-17(2)12(11)16-13(15-9)18-6-3-4-10(14)8-18/h10H,3-8,14H2,1-2H3. The van der Waals surface area contributed by atoms with Crippen molar-refractivity contribution in [3.8, 4) is 0 Å². The summed E-state index contributed by atoms with van der Waals surface area (Å²) in [4.78, 5) is 13.9. The van der Waals surface area contributed by atoms with E-state index in [4.69, 9.17) is 10.7 Å². The van der Waals surface area contributed by atoms with Crippen molar-refractivity contribution in [2.75, 3.05) is 36.5 Å². The topological polar surface area (TPSA) is 58.3 Å². The maximum Gasteiger partial charge on any atom is 0.227 e. The lowest BCUT2D eigenvalue weighted by Crippen LogP contribution is -2.43. The number of nitrogens with zero attached hydrogens (tertiary/aromatic N) is 4. The van der Waals surface area contributed by atoms with E-state index in [2.05, 4.69) is 28.8 Å². The molecule has 98 valence electrons. The van der Waals surface area contributed by atoms with Crippen molar-refractivity contribution in [3.05, 3.63) is 11.3 Å². The van der Waals surface area contributed by atoms with Crippen LogP contribution in [-0.4, -0.2) is 42.7 Å². The minimum atomic E-state index is 0.258. The van der Waals surface area contributed by atoms with Crippen LogP contribution in [0.3, 0.4) is 0 Å². The molecule has 1 unspecified atom stereocenters. The number of fused-ring (bicyclic) bond motifs is 1. The van der Waals surface area contributed by atoms with Crippen molar-refractivity contribution < 1.29 is 0 Å². The molecule has 3 heterocycles. The fourth-order valence-electron chi connectivity index (χ4n) is 2.89. The third-order valence-corrected chi connectivity index (χ3v) is 3.98. The van der Waals surface area contributed by atoms with E-state index in [-0.39, 0.29) is 6.04 Å². The minimum absolute atomic E-state index is 0.258. The van der Waals surface area contributed by atoms with Gasteiger partial charge in [-0.05, 0) is 26.2 Å². The van der Waals surface area contributed by atoms with E-state index in [0.717, 1.165) is 56.4 Å². The molecule has 0 spiro atoms. The molecule has 0 radical (unpaired) electrons. The van der Waals surface area contributed by atoms with Crippen LogP contribution in [0.2, 0.25) is 0 Å². The second-order valence-electron chi connectivity index (χ2n) is 5.43. The van der Waals surface area contributed by atoms with Gasteiger partial charge in [-0.1, -0.05) is 0 Å². The van der Waals surface area contributed by atoms with E-state index in [1.54, 1.807) is 0 Å². The summed E-state index contributed by atoms with van der Waals surface area (Å²) in [5.41, 5.74) is 8.46. The maximum atomic E-state index is 6.03. The van der Waals surface area contributed by atoms with Gasteiger partial charge in [0.2, 0.25) is 5.95 Å². The Hall–Kier alpha value is -1.36. The highest BCUT2D eigenvalue weighted by Crippen LogP contribution is 2.29. The average Bonchev–Trinajstić information content (AvgIpc) is 2.72. The van der Waals surface area contributed by atoms with Gasteiger partial charge in [0.15, 0.2) is 0 Å². The molecule has 1 atom stereocenters. The fraction of sp³-hybridized carbons (Fsp3) is 0.692. The van der Waals surface area contributed by atoms with Gasteiger partial charge in [-0.2, -0.15) is 4.98 Å². The monoisotopic (exact) mass is 247 g/mol. The normalized spacial score (nSPS) is 23.4. The second-order valence-corrected chi connectivity index (χ2v) is 5.43. The Morgan fingerprint density at radius 3 is 2.89 bits per heavy atom. The van der Waals surface area contributed by atoms with E-state index < -0.39 is 0 Å². The molecule has 2 aliphatic rings. The quantitative estimate of drug-likeness (QED) is 0.792. The number of aromatic nitrogens is 2. The first-order valence-electron chi connectivity index (χ1n) is 6.74. The molecule has 1 saturated heterocycles. The van der Waals surface area contributed by atoms with Crippen LogP contribution in [0.5, 0.6) is 0 Å². The van der Waals surface area contributed by atoms with Gasteiger partial charge < -0.3 is 15.5 Å². The summed E-state index contributed by atoms with van der Waals surface area (Å²) in [6, 6.07) is 0.258. The molecular formula is C13H21N5. The Morgan fingerprint density at radius 2 is 2.11 bits per heavy atom. The van der Waals surface area contributed by atoms with Crippen molar-refractivity contribution in [2.24, 2.45) is 5.73 Å². The highest BCUT2D eigenvalue weighted by Gasteiger charge is 2.25. The molecule has 0 bridgehead atoms. The maximum absolute atomic E-state index is 6.03. The van der Waals surface area contributed by atoms with Crippen molar-refractivity contribution in [2.45, 2.75) is 32.2 Å². The zero-order valence-corrected chi connectivity index (χ0v) is 11.2. The zero-order valence-electron chi connectivity index (χ0n) is 11.2. The lowest BCUT2D eigenvalue weighted by Gasteiger charge is -2.31. The second kappa shape index (κ2) is 4.39. The molecule has 0 aliphatic carbocycles. The van der Waals surface area contributed by atoms with E-state index in [1.165, 1.54) is 5.56 Å². The number of anilines is 2. The Balaban J connectivity index is 1.93. The fourth-order valence-corrected chi connectivity index (χ4v) is 2.89. The first-order valence-corrected chi connectivity index (χ1v) is 6.74. The third-order valence-electron chi connectivity index (χ3n) is 3.98. The zero-order chi connectivity index (χ0) is 12.7. The lowest BCUT2D eigenvalue weighted by molar-refractivity contribution is 0.499. The van der Waals surface area contributed by atoms with Crippen LogP contribution in [0.4, 0.5) is 11.8 Å². The Morgan fingerprint density at radius 1 is 1.28 bits per heavy atom. The van der Waals surface area contributed by atoms with Crippen molar-refractivity contribution >= 4 is 11.8 Å². The van der Waals surface area contributed by atoms with Crippen LogP contribution < -0.4 is 15.5 Å². The van der Waals surface area contributed by atoms with Crippen LogP contribution in [0.1, 0.15) is 24.1 Å². The summed E-state index contributed by atoms with van der Waals surface area (Å²) >= 11 is 0. The van der Waals surface area contributed by atoms with E-state index in [0.29, 0.717) is 0 Å².